The zero-order valence-corrected chi connectivity index (χ0v) is 16.8. The third-order valence-electron chi connectivity index (χ3n) is 4.36. The lowest BCUT2D eigenvalue weighted by atomic mass is 10.0. The van der Waals surface area contributed by atoms with Gasteiger partial charge in [0.25, 0.3) is 0 Å². The number of aromatic nitrogens is 3. The van der Waals surface area contributed by atoms with Gasteiger partial charge in [-0.15, -0.1) is 0 Å². The summed E-state index contributed by atoms with van der Waals surface area (Å²) in [6, 6.07) is 12.1. The van der Waals surface area contributed by atoms with Crippen molar-refractivity contribution in [3.05, 3.63) is 76.8 Å². The van der Waals surface area contributed by atoms with Gasteiger partial charge in [0.2, 0.25) is 0 Å². The van der Waals surface area contributed by atoms with E-state index in [1.165, 1.54) is 20.4 Å². The Morgan fingerprint density at radius 2 is 1.93 bits per heavy atom. The molecule has 0 aliphatic heterocycles. The molecular weight excluding hydrogens is 394 g/mol. The molecule has 0 bridgehead atoms. The number of hydrogen-bond acceptors (Lipinski definition) is 6. The van der Waals surface area contributed by atoms with Crippen molar-refractivity contribution < 1.29 is 19.1 Å². The summed E-state index contributed by atoms with van der Waals surface area (Å²) in [4.78, 5) is 28.3. The minimum Gasteiger partial charge on any atom is -0.496 e. The van der Waals surface area contributed by atoms with E-state index in [1.807, 2.05) is 0 Å². The molecule has 0 saturated carbocycles. The monoisotopic (exact) mass is 413 g/mol. The van der Waals surface area contributed by atoms with Gasteiger partial charge in [-0.3, -0.25) is 9.59 Å². The summed E-state index contributed by atoms with van der Waals surface area (Å²) < 4.78 is 12.6. The third kappa shape index (κ3) is 5.42. The van der Waals surface area contributed by atoms with Crippen LogP contribution in [0.1, 0.15) is 34.5 Å². The number of hydrogen-bond donors (Lipinski definition) is 0. The fourth-order valence-corrected chi connectivity index (χ4v) is 3.00. The van der Waals surface area contributed by atoms with Gasteiger partial charge in [0, 0.05) is 16.1 Å². The van der Waals surface area contributed by atoms with Crippen molar-refractivity contribution in [1.82, 2.24) is 14.8 Å². The summed E-state index contributed by atoms with van der Waals surface area (Å²) in [5.41, 5.74) is 1.87. The van der Waals surface area contributed by atoms with Crippen LogP contribution in [-0.2, 0) is 22.5 Å². The molecule has 8 heteroatoms. The minimum absolute atomic E-state index is 0.0360. The first-order valence-electron chi connectivity index (χ1n) is 8.91. The number of rotatable bonds is 8. The number of benzene rings is 2. The topological polar surface area (TPSA) is 83.3 Å². The Kier molecular flexibility index (Phi) is 6.61. The van der Waals surface area contributed by atoms with Crippen molar-refractivity contribution >= 4 is 23.4 Å². The Bertz CT molecular complexity index is 988. The van der Waals surface area contributed by atoms with Crippen molar-refractivity contribution in [3.63, 3.8) is 0 Å². The second-order valence-corrected chi connectivity index (χ2v) is 6.84. The molecule has 0 aliphatic carbocycles. The molecule has 1 heterocycles. The molecule has 0 saturated heterocycles. The van der Waals surface area contributed by atoms with Crippen molar-refractivity contribution in [1.29, 1.82) is 0 Å². The van der Waals surface area contributed by atoms with Crippen LogP contribution in [0.5, 0.6) is 5.75 Å². The van der Waals surface area contributed by atoms with Crippen LogP contribution < -0.4 is 4.74 Å². The maximum absolute atomic E-state index is 12.7. The van der Waals surface area contributed by atoms with E-state index in [9.17, 15) is 9.59 Å². The van der Waals surface area contributed by atoms with Crippen molar-refractivity contribution in [3.8, 4) is 5.75 Å². The van der Waals surface area contributed by atoms with Crippen LogP contribution in [0.25, 0.3) is 0 Å². The summed E-state index contributed by atoms with van der Waals surface area (Å²) in [5, 5.41) is 4.67. The molecule has 2 aromatic carbocycles. The maximum Gasteiger partial charge on any atom is 0.311 e. The van der Waals surface area contributed by atoms with E-state index in [0.29, 0.717) is 28.4 Å². The van der Waals surface area contributed by atoms with Crippen LogP contribution in [0.2, 0.25) is 5.02 Å². The van der Waals surface area contributed by atoms with Gasteiger partial charge in [-0.05, 0) is 42.8 Å². The van der Waals surface area contributed by atoms with Crippen LogP contribution in [0.15, 0.2) is 55.1 Å². The van der Waals surface area contributed by atoms with E-state index in [2.05, 4.69) is 10.1 Å². The number of ketones is 1. The molecule has 3 aromatic rings. The largest absolute Gasteiger partial charge is 0.496 e. The first-order chi connectivity index (χ1) is 14.0. The Morgan fingerprint density at radius 1 is 1.17 bits per heavy atom. The van der Waals surface area contributed by atoms with E-state index in [4.69, 9.17) is 21.1 Å². The number of ether oxygens (including phenoxy) is 2. The quantitative estimate of drug-likeness (QED) is 0.414. The molecule has 0 radical (unpaired) electrons. The molecule has 0 fully saturated rings. The lowest BCUT2D eigenvalue weighted by Gasteiger charge is -2.19. The van der Waals surface area contributed by atoms with E-state index in [0.717, 1.165) is 5.56 Å². The van der Waals surface area contributed by atoms with E-state index in [-0.39, 0.29) is 12.2 Å². The fourth-order valence-electron chi connectivity index (χ4n) is 2.88. The lowest BCUT2D eigenvalue weighted by Crippen LogP contribution is -2.19. The maximum atomic E-state index is 12.7. The number of esters is 1. The molecule has 0 N–H and O–H groups in total. The fraction of sp³-hybridized carbons (Fsp3) is 0.238. The number of halogens is 1. The zero-order chi connectivity index (χ0) is 20.8. The highest BCUT2D eigenvalue weighted by atomic mass is 35.5. The van der Waals surface area contributed by atoms with Crippen LogP contribution in [0.4, 0.5) is 0 Å². The molecule has 1 aromatic heterocycles. The van der Waals surface area contributed by atoms with Crippen molar-refractivity contribution in [2.45, 2.75) is 26.0 Å². The summed E-state index contributed by atoms with van der Waals surface area (Å²) in [5.74, 6) is -0.0252. The number of carbonyl (C=O) groups is 2. The Morgan fingerprint density at radius 3 is 2.55 bits per heavy atom. The second kappa shape index (κ2) is 9.34. The summed E-state index contributed by atoms with van der Waals surface area (Å²) in [6.45, 7) is 1.77. The molecule has 3 rings (SSSR count). The lowest BCUT2D eigenvalue weighted by molar-refractivity contribution is -0.149. The first-order valence-corrected chi connectivity index (χ1v) is 9.29. The van der Waals surface area contributed by atoms with Gasteiger partial charge in [-0.1, -0.05) is 23.7 Å². The molecule has 150 valence electrons. The highest BCUT2D eigenvalue weighted by molar-refractivity contribution is 6.30. The molecule has 0 aliphatic rings. The number of methoxy groups -OCH3 is 1. The Balaban J connectivity index is 1.80. The number of Topliss-reactive ketones (excluding diaryl/α,β-unsaturated/α-hetero) is 1. The van der Waals surface area contributed by atoms with Crippen LogP contribution in [0, 0.1) is 0 Å². The highest BCUT2D eigenvalue weighted by Crippen LogP contribution is 2.25. The van der Waals surface area contributed by atoms with Gasteiger partial charge < -0.3 is 9.47 Å². The Labute approximate surface area is 173 Å². The number of nitrogens with zero attached hydrogens (tertiary/aromatic N) is 3. The smallest absolute Gasteiger partial charge is 0.311 e. The summed E-state index contributed by atoms with van der Waals surface area (Å²) in [6.07, 6.45) is 2.35. The molecular formula is C21H20ClN3O4. The van der Waals surface area contributed by atoms with Crippen molar-refractivity contribution in [2.24, 2.45) is 0 Å². The van der Waals surface area contributed by atoms with Crippen LogP contribution in [-0.4, -0.2) is 33.6 Å². The Hall–Kier alpha value is -3.19. The van der Waals surface area contributed by atoms with Gasteiger partial charge in [0.05, 0.1) is 20.1 Å². The van der Waals surface area contributed by atoms with Gasteiger partial charge in [0.1, 0.15) is 24.5 Å². The standard InChI is InChI=1S/C21H20ClN3O4/c1-14(26)16-5-8-19(28-2)17(9-16)10-21(27)29-20(11-25-13-23-12-24-25)15-3-6-18(22)7-4-15/h3-9,12-13,20H,10-11H2,1-2H3. The van der Waals surface area contributed by atoms with E-state index in [1.54, 1.807) is 53.5 Å². The van der Waals surface area contributed by atoms with Gasteiger partial charge in [-0.2, -0.15) is 5.10 Å². The average Bonchev–Trinajstić information content (AvgIpc) is 3.21. The molecule has 0 amide bonds. The van der Waals surface area contributed by atoms with E-state index >= 15 is 0 Å². The zero-order valence-electron chi connectivity index (χ0n) is 16.0. The summed E-state index contributed by atoms with van der Waals surface area (Å²) in [7, 11) is 1.51. The normalized spacial score (nSPS) is 11.7. The summed E-state index contributed by atoms with van der Waals surface area (Å²) >= 11 is 5.97. The van der Waals surface area contributed by atoms with Crippen LogP contribution in [0.3, 0.4) is 0 Å². The molecule has 7 nitrogen and oxygen atoms in total. The SMILES string of the molecule is COc1ccc(C(C)=O)cc1CC(=O)OC(Cn1cncn1)c1ccc(Cl)cc1. The number of carbonyl (C=O) groups excluding carboxylic acids is 2. The first kappa shape index (κ1) is 20.5. The van der Waals surface area contributed by atoms with Crippen molar-refractivity contribution in [2.75, 3.05) is 7.11 Å². The molecule has 29 heavy (non-hydrogen) atoms. The third-order valence-corrected chi connectivity index (χ3v) is 4.61. The molecule has 1 unspecified atom stereocenters. The second-order valence-electron chi connectivity index (χ2n) is 6.41. The molecule has 1 atom stereocenters. The van der Waals surface area contributed by atoms with Gasteiger partial charge in [-0.25, -0.2) is 9.67 Å². The predicted molar refractivity (Wildman–Crippen MR) is 107 cm³/mol. The van der Waals surface area contributed by atoms with Crippen LogP contribution >= 0.6 is 11.6 Å². The predicted octanol–water partition coefficient (Wildman–Crippen LogP) is 3.67. The average molecular weight is 414 g/mol. The van der Waals surface area contributed by atoms with Gasteiger partial charge >= 0.3 is 5.97 Å². The van der Waals surface area contributed by atoms with E-state index < -0.39 is 12.1 Å². The molecule has 0 spiro atoms. The minimum atomic E-state index is -0.580. The van der Waals surface area contributed by atoms with Gasteiger partial charge in [0.15, 0.2) is 5.78 Å². The highest BCUT2D eigenvalue weighted by Gasteiger charge is 2.20.